The molecule has 136 valence electrons. The van der Waals surface area contributed by atoms with Crippen LogP contribution in [0.25, 0.3) is 6.08 Å². The van der Waals surface area contributed by atoms with E-state index in [-0.39, 0.29) is 12.4 Å². The third-order valence-electron chi connectivity index (χ3n) is 3.11. The zero-order valence-corrected chi connectivity index (χ0v) is 13.8. The molecule has 2 amide bonds. The van der Waals surface area contributed by atoms with Crippen LogP contribution in [0.2, 0.25) is 0 Å². The van der Waals surface area contributed by atoms with E-state index in [1.54, 1.807) is 6.07 Å². The zero-order valence-electron chi connectivity index (χ0n) is 13.8. The highest BCUT2D eigenvalue weighted by atomic mass is 19.1. The molecule has 0 atom stereocenters. The van der Waals surface area contributed by atoms with Crippen molar-refractivity contribution in [1.82, 2.24) is 10.9 Å². The van der Waals surface area contributed by atoms with Crippen LogP contribution in [0.4, 0.5) is 8.78 Å². The fourth-order valence-electron chi connectivity index (χ4n) is 1.85. The Hall–Kier alpha value is -3.42. The van der Waals surface area contributed by atoms with Gasteiger partial charge in [0.1, 0.15) is 11.6 Å². The topological polar surface area (TPSA) is 76.7 Å². The smallest absolute Gasteiger partial charge is 0.276 e. The summed E-state index contributed by atoms with van der Waals surface area (Å²) in [6.45, 7) is -0.362. The Morgan fingerprint density at radius 1 is 1.08 bits per heavy atom. The number of carbonyl (C=O) groups is 2. The second kappa shape index (κ2) is 9.16. The van der Waals surface area contributed by atoms with E-state index >= 15 is 0 Å². The van der Waals surface area contributed by atoms with Gasteiger partial charge < -0.3 is 9.47 Å². The number of amides is 2. The van der Waals surface area contributed by atoms with E-state index in [2.05, 4.69) is 10.9 Å². The molecule has 0 aliphatic carbocycles. The first-order chi connectivity index (χ1) is 12.5. The SMILES string of the molecule is COc1ccc(/C=C/C(=O)NNC(=O)COc2ccc(F)cc2)cc1F. The molecule has 2 aromatic carbocycles. The summed E-state index contributed by atoms with van der Waals surface area (Å²) in [6, 6.07) is 9.35. The molecule has 2 aromatic rings. The third-order valence-corrected chi connectivity index (χ3v) is 3.11. The molecule has 0 aromatic heterocycles. The fourth-order valence-corrected chi connectivity index (χ4v) is 1.85. The van der Waals surface area contributed by atoms with Crippen molar-refractivity contribution in [3.63, 3.8) is 0 Å². The van der Waals surface area contributed by atoms with Crippen molar-refractivity contribution in [2.75, 3.05) is 13.7 Å². The van der Waals surface area contributed by atoms with Gasteiger partial charge in [-0.05, 0) is 48.0 Å². The summed E-state index contributed by atoms with van der Waals surface area (Å²) in [7, 11) is 1.35. The van der Waals surface area contributed by atoms with Crippen molar-refractivity contribution < 1.29 is 27.8 Å². The Kier molecular flexibility index (Phi) is 6.67. The lowest BCUT2D eigenvalue weighted by molar-refractivity contribution is -0.128. The first-order valence-electron chi connectivity index (χ1n) is 7.47. The van der Waals surface area contributed by atoms with E-state index in [1.165, 1.54) is 49.6 Å². The van der Waals surface area contributed by atoms with Crippen LogP contribution >= 0.6 is 0 Å². The van der Waals surface area contributed by atoms with Crippen molar-refractivity contribution in [1.29, 1.82) is 0 Å². The molecule has 0 aliphatic rings. The molecule has 0 saturated heterocycles. The fraction of sp³-hybridized carbons (Fsp3) is 0.111. The van der Waals surface area contributed by atoms with Gasteiger partial charge in [0.25, 0.3) is 11.8 Å². The highest BCUT2D eigenvalue weighted by Gasteiger charge is 2.05. The largest absolute Gasteiger partial charge is 0.494 e. The van der Waals surface area contributed by atoms with Gasteiger partial charge in [0.2, 0.25) is 0 Å². The number of hydrogen-bond donors (Lipinski definition) is 2. The molecular weight excluding hydrogens is 346 g/mol. The lowest BCUT2D eigenvalue weighted by atomic mass is 10.2. The van der Waals surface area contributed by atoms with Gasteiger partial charge in [0.15, 0.2) is 18.2 Å². The molecule has 8 heteroatoms. The van der Waals surface area contributed by atoms with Crippen LogP contribution in [0.1, 0.15) is 5.56 Å². The Morgan fingerprint density at radius 2 is 1.81 bits per heavy atom. The van der Waals surface area contributed by atoms with E-state index in [4.69, 9.17) is 9.47 Å². The number of ether oxygens (including phenoxy) is 2. The second-order valence-corrected chi connectivity index (χ2v) is 5.01. The maximum Gasteiger partial charge on any atom is 0.276 e. The van der Waals surface area contributed by atoms with Crippen molar-refractivity contribution >= 4 is 17.9 Å². The molecule has 0 unspecified atom stereocenters. The number of hydrazine groups is 1. The maximum absolute atomic E-state index is 13.5. The molecule has 0 fully saturated rings. The van der Waals surface area contributed by atoms with Crippen molar-refractivity contribution in [3.8, 4) is 11.5 Å². The second-order valence-electron chi connectivity index (χ2n) is 5.01. The first-order valence-corrected chi connectivity index (χ1v) is 7.47. The van der Waals surface area contributed by atoms with E-state index in [1.807, 2.05) is 0 Å². The van der Waals surface area contributed by atoms with Gasteiger partial charge in [-0.3, -0.25) is 20.4 Å². The van der Waals surface area contributed by atoms with Gasteiger partial charge in [0.05, 0.1) is 7.11 Å². The maximum atomic E-state index is 13.5. The van der Waals surface area contributed by atoms with E-state index < -0.39 is 23.4 Å². The predicted octanol–water partition coefficient (Wildman–Crippen LogP) is 2.21. The summed E-state index contributed by atoms with van der Waals surface area (Å²) < 4.78 is 36.2. The Morgan fingerprint density at radius 3 is 2.46 bits per heavy atom. The molecule has 0 radical (unpaired) electrons. The van der Waals surface area contributed by atoms with Crippen molar-refractivity contribution in [2.24, 2.45) is 0 Å². The molecule has 0 spiro atoms. The number of benzene rings is 2. The number of hydrogen-bond acceptors (Lipinski definition) is 4. The number of rotatable bonds is 6. The summed E-state index contributed by atoms with van der Waals surface area (Å²) in [4.78, 5) is 23.2. The predicted molar refractivity (Wildman–Crippen MR) is 90.2 cm³/mol. The minimum atomic E-state index is -0.614. The van der Waals surface area contributed by atoms with Crippen molar-refractivity contribution in [3.05, 3.63) is 65.7 Å². The number of halogens is 2. The quantitative estimate of drug-likeness (QED) is 0.610. The van der Waals surface area contributed by atoms with E-state index in [0.717, 1.165) is 6.08 Å². The van der Waals surface area contributed by atoms with Crippen LogP contribution < -0.4 is 20.3 Å². The van der Waals surface area contributed by atoms with E-state index in [0.29, 0.717) is 11.3 Å². The van der Waals surface area contributed by atoms with Crippen LogP contribution in [0.5, 0.6) is 11.5 Å². The van der Waals surface area contributed by atoms with Gasteiger partial charge in [-0.15, -0.1) is 0 Å². The molecule has 0 saturated carbocycles. The summed E-state index contributed by atoms with van der Waals surface area (Å²) in [5, 5.41) is 0. The number of methoxy groups -OCH3 is 1. The number of nitrogens with one attached hydrogen (secondary N) is 2. The average molecular weight is 362 g/mol. The minimum absolute atomic E-state index is 0.0972. The standard InChI is InChI=1S/C18H16F2N2O4/c1-25-16-8-2-12(10-15(16)20)3-9-17(23)21-22-18(24)11-26-14-6-4-13(19)5-7-14/h2-10H,11H2,1H3,(H,21,23)(H,22,24)/b9-3+. The highest BCUT2D eigenvalue weighted by molar-refractivity contribution is 5.93. The summed E-state index contributed by atoms with van der Waals surface area (Å²) in [6.07, 6.45) is 2.50. The first kappa shape index (κ1) is 18.9. The van der Waals surface area contributed by atoms with E-state index in [9.17, 15) is 18.4 Å². The van der Waals surface area contributed by atoms with Crippen LogP contribution in [-0.4, -0.2) is 25.5 Å². The third kappa shape index (κ3) is 5.90. The van der Waals surface area contributed by atoms with Gasteiger partial charge in [-0.25, -0.2) is 8.78 Å². The Balaban J connectivity index is 1.76. The van der Waals surface area contributed by atoms with Crippen LogP contribution in [-0.2, 0) is 9.59 Å². The van der Waals surface area contributed by atoms with Crippen molar-refractivity contribution in [2.45, 2.75) is 0 Å². The summed E-state index contributed by atoms with van der Waals surface area (Å²) in [5.74, 6) is -1.78. The molecule has 0 aliphatic heterocycles. The molecule has 2 rings (SSSR count). The van der Waals surface area contributed by atoms with Gasteiger partial charge >= 0.3 is 0 Å². The highest BCUT2D eigenvalue weighted by Crippen LogP contribution is 2.18. The summed E-state index contributed by atoms with van der Waals surface area (Å²) >= 11 is 0. The monoisotopic (exact) mass is 362 g/mol. The molecule has 0 bridgehead atoms. The lowest BCUT2D eigenvalue weighted by Crippen LogP contribution is -2.43. The lowest BCUT2D eigenvalue weighted by Gasteiger charge is -2.07. The van der Waals surface area contributed by atoms with Crippen LogP contribution in [0, 0.1) is 11.6 Å². The Labute approximate surface area is 148 Å². The van der Waals surface area contributed by atoms with Crippen LogP contribution in [0.3, 0.4) is 0 Å². The average Bonchev–Trinajstić information content (AvgIpc) is 2.64. The summed E-state index contributed by atoms with van der Waals surface area (Å²) in [5.41, 5.74) is 4.75. The molecule has 6 nitrogen and oxygen atoms in total. The molecule has 26 heavy (non-hydrogen) atoms. The van der Waals surface area contributed by atoms with Crippen LogP contribution in [0.15, 0.2) is 48.5 Å². The van der Waals surface area contributed by atoms with Gasteiger partial charge in [0, 0.05) is 6.08 Å². The molecule has 2 N–H and O–H groups in total. The minimum Gasteiger partial charge on any atom is -0.494 e. The Bertz CT molecular complexity index is 807. The van der Waals surface area contributed by atoms with Gasteiger partial charge in [-0.1, -0.05) is 6.07 Å². The van der Waals surface area contributed by atoms with Gasteiger partial charge in [-0.2, -0.15) is 0 Å². The molecular formula is C18H16F2N2O4. The normalized spacial score (nSPS) is 10.4. The molecule has 0 heterocycles. The number of carbonyl (C=O) groups excluding carboxylic acids is 2. The zero-order chi connectivity index (χ0) is 18.9.